The molecule has 3 heterocycles. The minimum absolute atomic E-state index is 0.0258. The number of amides is 2. The molecule has 146 valence electrons. The first-order valence-corrected chi connectivity index (χ1v) is 10.1. The van der Waals surface area contributed by atoms with Gasteiger partial charge in [0.1, 0.15) is 4.88 Å². The van der Waals surface area contributed by atoms with Crippen molar-refractivity contribution in [3.63, 3.8) is 0 Å². The van der Waals surface area contributed by atoms with Gasteiger partial charge in [0.2, 0.25) is 5.91 Å². The van der Waals surface area contributed by atoms with E-state index in [1.807, 2.05) is 30.5 Å². The molecule has 0 bridgehead atoms. The molecule has 2 N–H and O–H groups in total. The van der Waals surface area contributed by atoms with Crippen LogP contribution in [0, 0.1) is 6.92 Å². The fraction of sp³-hybridized carbons (Fsp3) is 0.350. The number of aromatic amines is 1. The molecule has 1 aliphatic rings. The van der Waals surface area contributed by atoms with Crippen molar-refractivity contribution in [2.24, 2.45) is 0 Å². The number of carbonyl (C=O) groups is 2. The van der Waals surface area contributed by atoms with E-state index in [1.165, 1.54) is 18.3 Å². The smallest absolute Gasteiger partial charge is 0.267 e. The van der Waals surface area contributed by atoms with E-state index in [-0.39, 0.29) is 17.9 Å². The maximum Gasteiger partial charge on any atom is 0.267 e. The minimum Gasteiger partial charge on any atom is -0.376 e. The molecule has 0 unspecified atom stereocenters. The Morgan fingerprint density at radius 1 is 1.39 bits per heavy atom. The standard InChI is InChI=1S/C20H22N4O3S/c1-12-18(19(26)23-15-6-5-14-7-8-21-17(14)10-15)28-20(22-12)24(13(2)25)11-16-4-3-9-27-16/h5-8,10,16,21H,3-4,9,11H2,1-2H3,(H,23,26)/t16-/m1/s1. The summed E-state index contributed by atoms with van der Waals surface area (Å²) in [6.45, 7) is 4.49. The number of aromatic nitrogens is 2. The van der Waals surface area contributed by atoms with E-state index in [9.17, 15) is 9.59 Å². The number of rotatable bonds is 5. The Bertz CT molecular complexity index is 1020. The van der Waals surface area contributed by atoms with E-state index < -0.39 is 0 Å². The lowest BCUT2D eigenvalue weighted by atomic mass is 10.2. The molecular weight excluding hydrogens is 376 g/mol. The average Bonchev–Trinajstić information content (AvgIpc) is 3.39. The maximum atomic E-state index is 12.8. The van der Waals surface area contributed by atoms with Gasteiger partial charge in [0.25, 0.3) is 5.91 Å². The molecule has 1 saturated heterocycles. The number of fused-ring (bicyclic) bond motifs is 1. The number of nitrogens with one attached hydrogen (secondary N) is 2. The summed E-state index contributed by atoms with van der Waals surface area (Å²) < 4.78 is 5.65. The molecule has 0 radical (unpaired) electrons. The highest BCUT2D eigenvalue weighted by atomic mass is 32.1. The fourth-order valence-corrected chi connectivity index (χ4v) is 4.37. The van der Waals surface area contributed by atoms with Gasteiger partial charge in [-0.2, -0.15) is 0 Å². The van der Waals surface area contributed by atoms with Crippen LogP contribution in [0.15, 0.2) is 30.5 Å². The Kier molecular flexibility index (Phi) is 5.15. The summed E-state index contributed by atoms with van der Waals surface area (Å²) in [6.07, 6.45) is 3.83. The van der Waals surface area contributed by atoms with Gasteiger partial charge in [-0.15, -0.1) is 0 Å². The highest BCUT2D eigenvalue weighted by Gasteiger charge is 2.26. The molecule has 1 aliphatic heterocycles. The number of H-pyrrole nitrogens is 1. The zero-order valence-electron chi connectivity index (χ0n) is 15.8. The number of anilines is 2. The van der Waals surface area contributed by atoms with E-state index in [2.05, 4.69) is 15.3 Å². The number of hydrogen-bond acceptors (Lipinski definition) is 5. The summed E-state index contributed by atoms with van der Waals surface area (Å²) in [6, 6.07) is 7.69. The van der Waals surface area contributed by atoms with Crippen LogP contribution in [0.2, 0.25) is 0 Å². The maximum absolute atomic E-state index is 12.8. The Balaban J connectivity index is 1.53. The molecule has 1 aromatic carbocycles. The number of hydrogen-bond donors (Lipinski definition) is 2. The molecule has 7 nitrogen and oxygen atoms in total. The van der Waals surface area contributed by atoms with E-state index >= 15 is 0 Å². The van der Waals surface area contributed by atoms with Gasteiger partial charge in [-0.25, -0.2) is 4.98 Å². The van der Waals surface area contributed by atoms with Crippen LogP contribution in [-0.4, -0.2) is 41.0 Å². The first kappa shape index (κ1) is 18.6. The quantitative estimate of drug-likeness (QED) is 0.686. The molecule has 1 atom stereocenters. The summed E-state index contributed by atoms with van der Waals surface area (Å²) >= 11 is 1.23. The Morgan fingerprint density at radius 2 is 2.25 bits per heavy atom. The van der Waals surface area contributed by atoms with Gasteiger partial charge in [0.05, 0.1) is 18.3 Å². The van der Waals surface area contributed by atoms with Crippen molar-refractivity contribution in [3.05, 3.63) is 41.0 Å². The lowest BCUT2D eigenvalue weighted by Crippen LogP contribution is -2.35. The first-order chi connectivity index (χ1) is 13.5. The van der Waals surface area contributed by atoms with Crippen LogP contribution in [0.25, 0.3) is 10.9 Å². The monoisotopic (exact) mass is 398 g/mol. The second kappa shape index (κ2) is 7.73. The van der Waals surface area contributed by atoms with Gasteiger partial charge in [-0.3, -0.25) is 14.5 Å². The van der Waals surface area contributed by atoms with Gasteiger partial charge in [-0.05, 0) is 43.4 Å². The first-order valence-electron chi connectivity index (χ1n) is 9.27. The molecule has 8 heteroatoms. The second-order valence-electron chi connectivity index (χ2n) is 6.91. The molecule has 0 aliphatic carbocycles. The summed E-state index contributed by atoms with van der Waals surface area (Å²) in [5.74, 6) is -0.332. The number of carbonyl (C=O) groups excluding carboxylic acids is 2. The molecule has 1 fully saturated rings. The lowest BCUT2D eigenvalue weighted by molar-refractivity contribution is -0.116. The topological polar surface area (TPSA) is 87.3 Å². The van der Waals surface area contributed by atoms with Crippen molar-refractivity contribution < 1.29 is 14.3 Å². The third kappa shape index (κ3) is 3.79. The van der Waals surface area contributed by atoms with E-state index in [1.54, 1.807) is 11.8 Å². The highest BCUT2D eigenvalue weighted by Crippen LogP contribution is 2.29. The summed E-state index contributed by atoms with van der Waals surface area (Å²) in [7, 11) is 0. The van der Waals surface area contributed by atoms with Crippen LogP contribution >= 0.6 is 11.3 Å². The number of benzene rings is 1. The predicted molar refractivity (Wildman–Crippen MR) is 110 cm³/mol. The third-order valence-corrected chi connectivity index (χ3v) is 6.00. The molecule has 2 amide bonds. The number of ether oxygens (including phenoxy) is 1. The van der Waals surface area contributed by atoms with E-state index in [4.69, 9.17) is 4.74 Å². The molecule has 3 aromatic rings. The van der Waals surface area contributed by atoms with Crippen molar-refractivity contribution >= 4 is 44.9 Å². The molecule has 28 heavy (non-hydrogen) atoms. The van der Waals surface area contributed by atoms with Gasteiger partial charge in [0.15, 0.2) is 5.13 Å². The molecular formula is C20H22N4O3S. The third-order valence-electron chi connectivity index (χ3n) is 4.83. The zero-order valence-corrected chi connectivity index (χ0v) is 16.6. The van der Waals surface area contributed by atoms with Crippen molar-refractivity contribution in [1.82, 2.24) is 9.97 Å². The van der Waals surface area contributed by atoms with Gasteiger partial charge >= 0.3 is 0 Å². The van der Waals surface area contributed by atoms with E-state index in [0.717, 1.165) is 30.4 Å². The molecule has 0 saturated carbocycles. The number of thiazole rings is 1. The number of nitrogens with zero attached hydrogens (tertiary/aromatic N) is 2. The van der Waals surface area contributed by atoms with Gasteiger partial charge in [0, 0.05) is 30.9 Å². The van der Waals surface area contributed by atoms with E-state index in [0.29, 0.717) is 27.9 Å². The number of aryl methyl sites for hydroxylation is 1. The van der Waals surface area contributed by atoms with Crippen molar-refractivity contribution in [1.29, 1.82) is 0 Å². The van der Waals surface area contributed by atoms with Crippen molar-refractivity contribution in [3.8, 4) is 0 Å². The Morgan fingerprint density at radius 3 is 3.00 bits per heavy atom. The van der Waals surface area contributed by atoms with Crippen LogP contribution in [0.1, 0.15) is 35.1 Å². The molecule has 2 aromatic heterocycles. The average molecular weight is 398 g/mol. The molecule has 0 spiro atoms. The highest BCUT2D eigenvalue weighted by molar-refractivity contribution is 7.17. The fourth-order valence-electron chi connectivity index (χ4n) is 3.36. The van der Waals surface area contributed by atoms with Gasteiger partial charge in [-0.1, -0.05) is 17.4 Å². The van der Waals surface area contributed by atoms with Crippen molar-refractivity contribution in [2.45, 2.75) is 32.8 Å². The second-order valence-corrected chi connectivity index (χ2v) is 7.89. The normalized spacial score (nSPS) is 16.4. The minimum atomic E-state index is -0.229. The van der Waals surface area contributed by atoms with Crippen LogP contribution in [0.5, 0.6) is 0 Å². The van der Waals surface area contributed by atoms with Crippen LogP contribution in [-0.2, 0) is 9.53 Å². The van der Waals surface area contributed by atoms with Crippen LogP contribution in [0.3, 0.4) is 0 Å². The lowest BCUT2D eigenvalue weighted by Gasteiger charge is -2.21. The SMILES string of the molecule is CC(=O)N(C[C@H]1CCCO1)c1nc(C)c(C(=O)Nc2ccc3cc[nH]c3c2)s1. The predicted octanol–water partition coefficient (Wildman–Crippen LogP) is 3.72. The van der Waals surface area contributed by atoms with Crippen molar-refractivity contribution in [2.75, 3.05) is 23.4 Å². The Labute approximate surface area is 166 Å². The summed E-state index contributed by atoms with van der Waals surface area (Å²) in [5, 5.41) is 4.54. The van der Waals surface area contributed by atoms with Gasteiger partial charge < -0.3 is 15.0 Å². The zero-order chi connectivity index (χ0) is 19.7. The largest absolute Gasteiger partial charge is 0.376 e. The van der Waals surface area contributed by atoms with Crippen LogP contribution < -0.4 is 10.2 Å². The Hall–Kier alpha value is -2.71. The summed E-state index contributed by atoms with van der Waals surface area (Å²) in [5.41, 5.74) is 2.27. The molecule has 4 rings (SSSR count). The summed E-state index contributed by atoms with van der Waals surface area (Å²) in [4.78, 5) is 34.6. The van der Waals surface area contributed by atoms with Crippen LogP contribution in [0.4, 0.5) is 10.8 Å².